The zero-order valence-electron chi connectivity index (χ0n) is 16.3. The number of carbonyl (C=O) groups excluding carboxylic acids is 2. The first-order valence-electron chi connectivity index (χ1n) is 9.29. The summed E-state index contributed by atoms with van der Waals surface area (Å²) in [5.41, 5.74) is 0.493. The van der Waals surface area contributed by atoms with E-state index in [4.69, 9.17) is 19.0 Å². The highest BCUT2D eigenvalue weighted by molar-refractivity contribution is 5.91. The summed E-state index contributed by atoms with van der Waals surface area (Å²) in [7, 11) is 0. The van der Waals surface area contributed by atoms with E-state index >= 15 is 0 Å². The van der Waals surface area contributed by atoms with Crippen molar-refractivity contribution in [2.75, 3.05) is 6.61 Å². The molecule has 0 aliphatic heterocycles. The van der Waals surface area contributed by atoms with Gasteiger partial charge in [-0.2, -0.15) is 0 Å². The maximum Gasteiger partial charge on any atom is 0.408 e. The van der Waals surface area contributed by atoms with Gasteiger partial charge in [0.1, 0.15) is 30.6 Å². The molecule has 2 N–H and O–H groups in total. The fraction of sp³-hybridized carbons (Fsp3) is 0.182. The van der Waals surface area contributed by atoms with Gasteiger partial charge in [0.15, 0.2) is 5.78 Å². The minimum absolute atomic E-state index is 0.0283. The highest BCUT2D eigenvalue weighted by atomic mass is 16.5. The van der Waals surface area contributed by atoms with Crippen molar-refractivity contribution < 1.29 is 33.4 Å². The molecule has 3 aromatic rings. The van der Waals surface area contributed by atoms with Crippen LogP contribution in [0.5, 0.6) is 5.75 Å². The van der Waals surface area contributed by atoms with Crippen molar-refractivity contribution in [2.45, 2.75) is 19.1 Å². The van der Waals surface area contributed by atoms with Crippen molar-refractivity contribution in [3.8, 4) is 5.75 Å². The van der Waals surface area contributed by atoms with E-state index in [-0.39, 0.29) is 17.9 Å². The molecule has 0 bridgehead atoms. The number of ketones is 1. The van der Waals surface area contributed by atoms with Gasteiger partial charge in [-0.3, -0.25) is 9.59 Å². The number of carboxylic acids is 1. The quantitative estimate of drug-likeness (QED) is 0.500. The molecule has 1 amide bonds. The van der Waals surface area contributed by atoms with Crippen LogP contribution >= 0.6 is 0 Å². The predicted molar refractivity (Wildman–Crippen MR) is 109 cm³/mol. The van der Waals surface area contributed by atoms with Gasteiger partial charge in [0.05, 0.1) is 6.42 Å². The van der Waals surface area contributed by atoms with Crippen molar-refractivity contribution in [3.05, 3.63) is 76.6 Å². The molecular formula is C22H19NO8. The second kappa shape index (κ2) is 10.1. The Morgan fingerprint density at radius 1 is 1.03 bits per heavy atom. The first-order valence-corrected chi connectivity index (χ1v) is 9.29. The summed E-state index contributed by atoms with van der Waals surface area (Å²) in [5.74, 6) is -1.68. The van der Waals surface area contributed by atoms with E-state index in [1.165, 1.54) is 12.1 Å². The molecule has 0 spiro atoms. The van der Waals surface area contributed by atoms with E-state index in [0.29, 0.717) is 5.39 Å². The molecule has 2 aromatic carbocycles. The third kappa shape index (κ3) is 6.43. The second-order valence-electron chi connectivity index (χ2n) is 6.57. The Labute approximate surface area is 176 Å². The molecule has 3 rings (SSSR count). The zero-order chi connectivity index (χ0) is 22.2. The van der Waals surface area contributed by atoms with E-state index < -0.39 is 42.5 Å². The number of hydrogen-bond donors (Lipinski definition) is 2. The molecule has 9 heteroatoms. The average molecular weight is 425 g/mol. The Morgan fingerprint density at radius 3 is 2.52 bits per heavy atom. The Kier molecular flexibility index (Phi) is 7.00. The summed E-state index contributed by atoms with van der Waals surface area (Å²) in [6.45, 7) is -0.529. The van der Waals surface area contributed by atoms with E-state index in [1.807, 2.05) is 6.07 Å². The van der Waals surface area contributed by atoms with Gasteiger partial charge in [-0.1, -0.05) is 30.3 Å². The van der Waals surface area contributed by atoms with Crippen molar-refractivity contribution in [1.82, 2.24) is 5.32 Å². The number of ether oxygens (including phenoxy) is 2. The lowest BCUT2D eigenvalue weighted by Gasteiger charge is -2.16. The van der Waals surface area contributed by atoms with Crippen LogP contribution in [-0.2, 0) is 20.9 Å². The molecule has 1 aromatic heterocycles. The summed E-state index contributed by atoms with van der Waals surface area (Å²) >= 11 is 0. The van der Waals surface area contributed by atoms with Crippen LogP contribution in [0.3, 0.4) is 0 Å². The molecule has 0 aliphatic carbocycles. The number of rotatable bonds is 9. The maximum absolute atomic E-state index is 12.4. The number of carbonyl (C=O) groups is 3. The lowest BCUT2D eigenvalue weighted by atomic mass is 10.1. The van der Waals surface area contributed by atoms with Crippen molar-refractivity contribution in [1.29, 1.82) is 0 Å². The van der Waals surface area contributed by atoms with Gasteiger partial charge in [0.25, 0.3) is 0 Å². The van der Waals surface area contributed by atoms with Gasteiger partial charge in [-0.05, 0) is 23.8 Å². The van der Waals surface area contributed by atoms with Gasteiger partial charge < -0.3 is 24.3 Å². The lowest BCUT2D eigenvalue weighted by molar-refractivity contribution is -0.139. The van der Waals surface area contributed by atoms with E-state index in [1.54, 1.807) is 42.5 Å². The number of nitrogens with one attached hydrogen (secondary N) is 1. The minimum Gasteiger partial charge on any atom is -0.486 e. The van der Waals surface area contributed by atoms with Crippen LogP contribution in [0.15, 0.2) is 69.9 Å². The van der Waals surface area contributed by atoms with Gasteiger partial charge in [-0.25, -0.2) is 9.59 Å². The zero-order valence-corrected chi connectivity index (χ0v) is 16.3. The van der Waals surface area contributed by atoms with Crippen LogP contribution in [0.25, 0.3) is 11.0 Å². The van der Waals surface area contributed by atoms with Crippen LogP contribution in [0.4, 0.5) is 4.79 Å². The fourth-order valence-electron chi connectivity index (χ4n) is 2.71. The number of fused-ring (bicyclic) bond motifs is 1. The van der Waals surface area contributed by atoms with Gasteiger partial charge in [-0.15, -0.1) is 0 Å². The molecule has 1 unspecified atom stereocenters. The molecule has 1 heterocycles. The molecule has 1 atom stereocenters. The normalized spacial score (nSPS) is 11.5. The van der Waals surface area contributed by atoms with Gasteiger partial charge in [0, 0.05) is 17.5 Å². The van der Waals surface area contributed by atoms with Crippen LogP contribution in [-0.4, -0.2) is 35.6 Å². The summed E-state index contributed by atoms with van der Waals surface area (Å²) in [6, 6.07) is 15.1. The van der Waals surface area contributed by atoms with Crippen LogP contribution in [0, 0.1) is 0 Å². The summed E-state index contributed by atoms with van der Waals surface area (Å²) in [6.07, 6.45) is -1.55. The molecule has 0 fully saturated rings. The lowest BCUT2D eigenvalue weighted by Crippen LogP contribution is -2.44. The molecule has 31 heavy (non-hydrogen) atoms. The van der Waals surface area contributed by atoms with Crippen molar-refractivity contribution in [3.63, 3.8) is 0 Å². The SMILES string of the molecule is O=C(O)CC(NC(=O)OCc1ccccc1)C(=O)COc1ccc2ccc(=O)oc2c1. The summed E-state index contributed by atoms with van der Waals surface area (Å²) in [5, 5.41) is 12.0. The molecule has 0 aliphatic rings. The van der Waals surface area contributed by atoms with Gasteiger partial charge in [0.2, 0.25) is 0 Å². The molecular weight excluding hydrogens is 406 g/mol. The Morgan fingerprint density at radius 2 is 1.77 bits per heavy atom. The highest BCUT2D eigenvalue weighted by Crippen LogP contribution is 2.19. The highest BCUT2D eigenvalue weighted by Gasteiger charge is 2.25. The number of hydrogen-bond acceptors (Lipinski definition) is 7. The molecule has 0 saturated carbocycles. The minimum atomic E-state index is -1.33. The first kappa shape index (κ1) is 21.6. The smallest absolute Gasteiger partial charge is 0.408 e. The number of benzene rings is 2. The van der Waals surface area contributed by atoms with E-state index in [9.17, 15) is 19.2 Å². The van der Waals surface area contributed by atoms with Crippen molar-refractivity contribution in [2.24, 2.45) is 0 Å². The summed E-state index contributed by atoms with van der Waals surface area (Å²) < 4.78 is 15.5. The predicted octanol–water partition coefficient (Wildman–Crippen LogP) is 2.51. The number of Topliss-reactive ketones (excluding diaryl/α,β-unsaturated/α-hetero) is 1. The maximum atomic E-state index is 12.4. The Hall–Kier alpha value is -4.14. The monoisotopic (exact) mass is 425 g/mol. The van der Waals surface area contributed by atoms with Gasteiger partial charge >= 0.3 is 17.7 Å². The topological polar surface area (TPSA) is 132 Å². The largest absolute Gasteiger partial charge is 0.486 e. The number of aliphatic carboxylic acids is 1. The Balaban J connectivity index is 1.59. The molecule has 9 nitrogen and oxygen atoms in total. The van der Waals surface area contributed by atoms with Crippen LogP contribution in [0.1, 0.15) is 12.0 Å². The third-order valence-corrected chi connectivity index (χ3v) is 4.25. The van der Waals surface area contributed by atoms with E-state index in [0.717, 1.165) is 5.56 Å². The summed E-state index contributed by atoms with van der Waals surface area (Å²) in [4.78, 5) is 46.9. The van der Waals surface area contributed by atoms with Crippen molar-refractivity contribution >= 4 is 28.8 Å². The first-order chi connectivity index (χ1) is 14.9. The third-order valence-electron chi connectivity index (χ3n) is 4.25. The van der Waals surface area contributed by atoms with Crippen LogP contribution in [0.2, 0.25) is 0 Å². The standard InChI is InChI=1S/C22H19NO8/c24-18(13-29-16-8-6-15-7-9-21(27)31-19(15)10-16)17(11-20(25)26)23-22(28)30-12-14-4-2-1-3-5-14/h1-10,17H,11-13H2,(H,23,28)(H,25,26). The Bertz CT molecular complexity index is 1140. The molecule has 0 radical (unpaired) electrons. The number of carboxylic acid groups (broad SMARTS) is 1. The second-order valence-corrected chi connectivity index (χ2v) is 6.57. The van der Waals surface area contributed by atoms with Crippen LogP contribution < -0.4 is 15.7 Å². The fourth-order valence-corrected chi connectivity index (χ4v) is 2.71. The molecule has 160 valence electrons. The number of amides is 1. The molecule has 0 saturated heterocycles. The average Bonchev–Trinajstić information content (AvgIpc) is 2.75. The number of alkyl carbamates (subject to hydrolysis) is 1. The van der Waals surface area contributed by atoms with E-state index in [2.05, 4.69) is 5.32 Å².